The van der Waals surface area contributed by atoms with Crippen LogP contribution in [0.2, 0.25) is 0 Å². The topological polar surface area (TPSA) is 58.6 Å². The molecule has 0 saturated heterocycles. The summed E-state index contributed by atoms with van der Waals surface area (Å²) in [5, 5.41) is 2.81. The average Bonchev–Trinajstić information content (AvgIpc) is 2.74. The van der Waals surface area contributed by atoms with Gasteiger partial charge in [0.05, 0.1) is 0 Å². The van der Waals surface area contributed by atoms with Crippen LogP contribution in [-0.4, -0.2) is 25.0 Å². The predicted octanol–water partition coefficient (Wildman–Crippen LogP) is 5.75. The smallest absolute Gasteiger partial charge is 0.262 e. The molecule has 2 amide bonds. The number of nitrogens with zero attached hydrogens (tertiary/aromatic N) is 1. The van der Waals surface area contributed by atoms with Gasteiger partial charge in [-0.05, 0) is 80.4 Å². The molecule has 0 aromatic heterocycles. The van der Waals surface area contributed by atoms with E-state index in [4.69, 9.17) is 4.74 Å². The minimum absolute atomic E-state index is 0.0869. The van der Waals surface area contributed by atoms with E-state index in [0.29, 0.717) is 23.5 Å². The Bertz CT molecular complexity index is 1040. The third-order valence-electron chi connectivity index (χ3n) is 4.82. The molecule has 0 saturated carbocycles. The van der Waals surface area contributed by atoms with Crippen molar-refractivity contribution in [2.45, 2.75) is 20.8 Å². The van der Waals surface area contributed by atoms with Crippen LogP contribution >= 0.6 is 15.9 Å². The fraction of sp³-hybridized carbons (Fsp3) is 0.200. The molecule has 0 spiro atoms. The number of carbonyl (C=O) groups excluding carboxylic acids is 2. The van der Waals surface area contributed by atoms with Crippen molar-refractivity contribution in [3.8, 4) is 5.75 Å². The van der Waals surface area contributed by atoms with Crippen molar-refractivity contribution < 1.29 is 14.3 Å². The average molecular weight is 481 g/mol. The molecule has 0 radical (unpaired) electrons. The minimum Gasteiger partial charge on any atom is -0.483 e. The van der Waals surface area contributed by atoms with Gasteiger partial charge < -0.3 is 15.0 Å². The summed E-state index contributed by atoms with van der Waals surface area (Å²) >= 11 is 3.45. The molecule has 31 heavy (non-hydrogen) atoms. The van der Waals surface area contributed by atoms with Crippen LogP contribution in [0.3, 0.4) is 0 Å². The summed E-state index contributed by atoms with van der Waals surface area (Å²) in [6.07, 6.45) is 0. The first-order valence-corrected chi connectivity index (χ1v) is 10.8. The van der Waals surface area contributed by atoms with Gasteiger partial charge in [0.25, 0.3) is 11.8 Å². The van der Waals surface area contributed by atoms with Crippen molar-refractivity contribution in [1.82, 2.24) is 0 Å². The highest BCUT2D eigenvalue weighted by molar-refractivity contribution is 9.10. The zero-order valence-corrected chi connectivity index (χ0v) is 19.4. The molecule has 0 aliphatic rings. The molecule has 0 aliphatic heterocycles. The van der Waals surface area contributed by atoms with E-state index in [0.717, 1.165) is 21.3 Å². The molecule has 0 unspecified atom stereocenters. The Morgan fingerprint density at radius 2 is 1.58 bits per heavy atom. The van der Waals surface area contributed by atoms with Crippen LogP contribution in [0.4, 0.5) is 11.4 Å². The molecule has 0 atom stereocenters. The SMILES string of the molecule is CCN(C(=O)c1ccc(NC(=O)COc2c(C)cc(Br)cc2C)cc1)c1ccccc1. The van der Waals surface area contributed by atoms with E-state index in [-0.39, 0.29) is 18.4 Å². The summed E-state index contributed by atoms with van der Waals surface area (Å²) in [7, 11) is 0. The lowest BCUT2D eigenvalue weighted by Gasteiger charge is -2.21. The van der Waals surface area contributed by atoms with Gasteiger partial charge in [0, 0.05) is 28.0 Å². The maximum Gasteiger partial charge on any atom is 0.262 e. The molecular weight excluding hydrogens is 456 g/mol. The van der Waals surface area contributed by atoms with E-state index in [1.807, 2.05) is 63.2 Å². The first kappa shape index (κ1) is 22.6. The Morgan fingerprint density at radius 1 is 0.968 bits per heavy atom. The van der Waals surface area contributed by atoms with E-state index < -0.39 is 0 Å². The largest absolute Gasteiger partial charge is 0.483 e. The highest BCUT2D eigenvalue weighted by Gasteiger charge is 2.16. The Labute approximate surface area is 191 Å². The molecule has 1 N–H and O–H groups in total. The fourth-order valence-electron chi connectivity index (χ4n) is 3.36. The number of benzene rings is 3. The molecule has 5 nitrogen and oxygen atoms in total. The summed E-state index contributed by atoms with van der Waals surface area (Å²) in [6, 6.07) is 20.3. The summed E-state index contributed by atoms with van der Waals surface area (Å²) in [6.45, 7) is 6.29. The van der Waals surface area contributed by atoms with E-state index in [1.54, 1.807) is 29.2 Å². The standard InChI is InChI=1S/C25H25BrN2O3/c1-4-28(22-8-6-5-7-9-22)25(30)19-10-12-21(13-11-19)27-23(29)16-31-24-17(2)14-20(26)15-18(24)3/h5-15H,4,16H2,1-3H3,(H,27,29). The minimum atomic E-state index is -0.264. The second-order valence-electron chi connectivity index (χ2n) is 7.17. The van der Waals surface area contributed by atoms with E-state index in [2.05, 4.69) is 21.2 Å². The Balaban J connectivity index is 1.61. The Morgan fingerprint density at radius 3 is 2.16 bits per heavy atom. The molecule has 0 fully saturated rings. The highest BCUT2D eigenvalue weighted by atomic mass is 79.9. The second-order valence-corrected chi connectivity index (χ2v) is 8.08. The number of hydrogen-bond acceptors (Lipinski definition) is 3. The number of carbonyl (C=O) groups is 2. The number of para-hydroxylation sites is 1. The first-order chi connectivity index (χ1) is 14.9. The van der Waals surface area contributed by atoms with Gasteiger partial charge in [-0.3, -0.25) is 9.59 Å². The molecule has 160 valence electrons. The van der Waals surface area contributed by atoms with Crippen molar-refractivity contribution in [1.29, 1.82) is 0 Å². The van der Waals surface area contributed by atoms with E-state index >= 15 is 0 Å². The normalized spacial score (nSPS) is 10.5. The number of rotatable bonds is 7. The van der Waals surface area contributed by atoms with Crippen LogP contribution in [0.1, 0.15) is 28.4 Å². The summed E-state index contributed by atoms with van der Waals surface area (Å²) < 4.78 is 6.69. The summed E-state index contributed by atoms with van der Waals surface area (Å²) in [4.78, 5) is 26.9. The van der Waals surface area contributed by atoms with Crippen molar-refractivity contribution >= 4 is 39.1 Å². The zero-order valence-electron chi connectivity index (χ0n) is 17.8. The van der Waals surface area contributed by atoms with Gasteiger partial charge in [0.2, 0.25) is 0 Å². The van der Waals surface area contributed by atoms with Gasteiger partial charge in [-0.2, -0.15) is 0 Å². The zero-order chi connectivity index (χ0) is 22.4. The van der Waals surface area contributed by atoms with Gasteiger partial charge in [0.15, 0.2) is 6.61 Å². The van der Waals surface area contributed by atoms with Crippen molar-refractivity contribution in [3.63, 3.8) is 0 Å². The Kier molecular flexibility index (Phi) is 7.47. The number of anilines is 2. The fourth-order valence-corrected chi connectivity index (χ4v) is 4.05. The predicted molar refractivity (Wildman–Crippen MR) is 128 cm³/mol. The first-order valence-electron chi connectivity index (χ1n) is 10.1. The summed E-state index contributed by atoms with van der Waals surface area (Å²) in [5.74, 6) is 0.358. The van der Waals surface area contributed by atoms with Crippen LogP contribution in [-0.2, 0) is 4.79 Å². The van der Waals surface area contributed by atoms with E-state index in [1.165, 1.54) is 0 Å². The van der Waals surface area contributed by atoms with Crippen LogP contribution in [0.15, 0.2) is 71.2 Å². The van der Waals surface area contributed by atoms with Crippen LogP contribution in [0, 0.1) is 13.8 Å². The third kappa shape index (κ3) is 5.73. The second kappa shape index (κ2) is 10.3. The Hall–Kier alpha value is -3.12. The molecular formula is C25H25BrN2O3. The number of aryl methyl sites for hydroxylation is 2. The maximum absolute atomic E-state index is 12.9. The lowest BCUT2D eigenvalue weighted by atomic mass is 10.1. The number of nitrogens with one attached hydrogen (secondary N) is 1. The van der Waals surface area contributed by atoms with Gasteiger partial charge in [0.1, 0.15) is 5.75 Å². The van der Waals surface area contributed by atoms with Crippen molar-refractivity contribution in [2.75, 3.05) is 23.4 Å². The lowest BCUT2D eigenvalue weighted by Crippen LogP contribution is -2.30. The number of ether oxygens (including phenoxy) is 1. The molecule has 6 heteroatoms. The van der Waals surface area contributed by atoms with Gasteiger partial charge in [-0.15, -0.1) is 0 Å². The maximum atomic E-state index is 12.9. The third-order valence-corrected chi connectivity index (χ3v) is 5.28. The molecule has 0 heterocycles. The van der Waals surface area contributed by atoms with Crippen LogP contribution < -0.4 is 15.0 Å². The quantitative estimate of drug-likeness (QED) is 0.468. The molecule has 3 aromatic carbocycles. The van der Waals surface area contributed by atoms with Crippen molar-refractivity contribution in [2.24, 2.45) is 0 Å². The number of hydrogen-bond donors (Lipinski definition) is 1. The van der Waals surface area contributed by atoms with Gasteiger partial charge >= 0.3 is 0 Å². The molecule has 0 aliphatic carbocycles. The van der Waals surface area contributed by atoms with Gasteiger partial charge in [-0.1, -0.05) is 34.1 Å². The number of halogens is 1. The van der Waals surface area contributed by atoms with Crippen molar-refractivity contribution in [3.05, 3.63) is 87.9 Å². The lowest BCUT2D eigenvalue weighted by molar-refractivity contribution is -0.118. The summed E-state index contributed by atoms with van der Waals surface area (Å²) in [5.41, 5.74) is 3.93. The highest BCUT2D eigenvalue weighted by Crippen LogP contribution is 2.27. The molecule has 3 rings (SSSR count). The van der Waals surface area contributed by atoms with E-state index in [9.17, 15) is 9.59 Å². The molecule has 0 bridgehead atoms. The molecule has 3 aromatic rings. The van der Waals surface area contributed by atoms with Crippen LogP contribution in [0.25, 0.3) is 0 Å². The number of amides is 2. The monoisotopic (exact) mass is 480 g/mol. The van der Waals surface area contributed by atoms with Gasteiger partial charge in [-0.25, -0.2) is 0 Å². The van der Waals surface area contributed by atoms with Crippen LogP contribution in [0.5, 0.6) is 5.75 Å².